The number of piperazine rings is 1. The molecule has 4 fully saturated rings. The van der Waals surface area contributed by atoms with E-state index in [-0.39, 0.29) is 67.7 Å². The molecule has 0 spiro atoms. The molecule has 0 aliphatic carbocycles. The first-order valence-corrected chi connectivity index (χ1v) is 22.8. The topological polar surface area (TPSA) is 208 Å². The minimum atomic E-state index is -0.995. The summed E-state index contributed by atoms with van der Waals surface area (Å²) in [5, 5.41) is 23.6. The fraction of sp³-hybridized carbons (Fsp3) is 0.595. The highest BCUT2D eigenvalue weighted by molar-refractivity contribution is 8.00. The fourth-order valence-corrected chi connectivity index (χ4v) is 13.5. The van der Waals surface area contributed by atoms with Gasteiger partial charge in [0.25, 0.3) is 0 Å². The van der Waals surface area contributed by atoms with Crippen LogP contribution in [0.5, 0.6) is 28.7 Å². The Morgan fingerprint density at radius 3 is 2.59 bits per heavy atom. The number of methoxy groups -OCH3 is 2. The average Bonchev–Trinajstić information content (AvgIpc) is 3.97. The summed E-state index contributed by atoms with van der Waals surface area (Å²) in [6.07, 6.45) is 2.99. The van der Waals surface area contributed by atoms with Gasteiger partial charge in [0.05, 0.1) is 42.6 Å². The van der Waals surface area contributed by atoms with E-state index in [1.165, 1.54) is 18.7 Å². The number of unbranched alkanes of at least 4 members (excludes halogenated alkanes) is 1. The minimum absolute atomic E-state index is 0.0337. The van der Waals surface area contributed by atoms with Crippen LogP contribution in [0.3, 0.4) is 0 Å². The molecule has 8 heterocycles. The van der Waals surface area contributed by atoms with Crippen LogP contribution >= 0.6 is 23.5 Å². The molecule has 4 bridgehead atoms. The Balaban J connectivity index is 1.08. The summed E-state index contributed by atoms with van der Waals surface area (Å²) < 4.78 is 42.1. The average molecular weight is 879 g/mol. The van der Waals surface area contributed by atoms with E-state index in [4.69, 9.17) is 33.2 Å². The number of urea groups is 1. The quantitative estimate of drug-likeness (QED) is 0.0839. The van der Waals surface area contributed by atoms with E-state index in [0.29, 0.717) is 58.3 Å². The van der Waals surface area contributed by atoms with E-state index in [9.17, 15) is 24.4 Å². The van der Waals surface area contributed by atoms with Crippen molar-refractivity contribution in [3.05, 3.63) is 39.4 Å². The van der Waals surface area contributed by atoms with Gasteiger partial charge >= 0.3 is 18.0 Å². The van der Waals surface area contributed by atoms with Crippen LogP contribution in [-0.2, 0) is 30.3 Å². The third-order valence-corrected chi connectivity index (χ3v) is 15.8. The summed E-state index contributed by atoms with van der Waals surface area (Å²) in [6, 6.07) is 1.04. The van der Waals surface area contributed by atoms with Crippen molar-refractivity contribution in [1.82, 2.24) is 26.2 Å². The molecule has 0 aromatic heterocycles. The molecule has 61 heavy (non-hydrogen) atoms. The number of carbonyl (C=O) groups excluding carboxylic acids is 4. The van der Waals surface area contributed by atoms with Crippen LogP contribution in [0.2, 0.25) is 0 Å². The van der Waals surface area contributed by atoms with E-state index in [2.05, 4.69) is 38.3 Å². The Labute approximate surface area is 361 Å². The number of thioether (sulfide) groups is 2. The maximum absolute atomic E-state index is 14.1. The van der Waals surface area contributed by atoms with Gasteiger partial charge in [-0.05, 0) is 44.2 Å². The zero-order valence-electron chi connectivity index (χ0n) is 34.6. The van der Waals surface area contributed by atoms with E-state index in [0.717, 1.165) is 35.3 Å². The van der Waals surface area contributed by atoms with Crippen molar-refractivity contribution in [3.63, 3.8) is 0 Å². The number of hydrogen-bond donors (Lipinski definition) is 4. The van der Waals surface area contributed by atoms with Gasteiger partial charge in [-0.25, -0.2) is 9.59 Å². The number of nitriles is 1. The van der Waals surface area contributed by atoms with Gasteiger partial charge in [-0.3, -0.25) is 14.5 Å². The van der Waals surface area contributed by atoms with Crippen molar-refractivity contribution in [2.75, 3.05) is 45.9 Å². The van der Waals surface area contributed by atoms with Crippen molar-refractivity contribution in [3.8, 4) is 34.8 Å². The molecule has 10 rings (SSSR count). The van der Waals surface area contributed by atoms with Crippen molar-refractivity contribution >= 4 is 47.4 Å². The number of aryl methyl sites for hydroxylation is 1. The Morgan fingerprint density at radius 2 is 1.82 bits per heavy atom. The predicted molar refractivity (Wildman–Crippen MR) is 222 cm³/mol. The molecule has 10 atom stereocenters. The zero-order chi connectivity index (χ0) is 42.7. The van der Waals surface area contributed by atoms with E-state index >= 15 is 0 Å². The number of nitrogens with one attached hydrogen (secondary N) is 4. The summed E-state index contributed by atoms with van der Waals surface area (Å²) in [5.41, 5.74) is 4.64. The fourth-order valence-electron chi connectivity index (χ4n) is 10.5. The number of nitrogens with zero attached hydrogens (tertiary/aromatic N) is 2. The molecule has 17 nitrogen and oxygen atoms in total. The van der Waals surface area contributed by atoms with Gasteiger partial charge < -0.3 is 54.4 Å². The Kier molecular flexibility index (Phi) is 11.6. The van der Waals surface area contributed by atoms with E-state index in [1.54, 1.807) is 14.2 Å². The van der Waals surface area contributed by atoms with Crippen LogP contribution in [0.25, 0.3) is 0 Å². The Morgan fingerprint density at radius 1 is 1.00 bits per heavy atom. The lowest BCUT2D eigenvalue weighted by Crippen LogP contribution is -2.69. The molecule has 19 heteroatoms. The Bertz CT molecular complexity index is 2190. The monoisotopic (exact) mass is 878 g/mol. The van der Waals surface area contributed by atoms with Gasteiger partial charge in [0.2, 0.25) is 12.7 Å². The smallest absolute Gasteiger partial charge is 0.329 e. The van der Waals surface area contributed by atoms with Gasteiger partial charge in [-0.2, -0.15) is 17.0 Å². The molecular weight excluding hydrogens is 829 g/mol. The number of fused-ring (bicyclic) bond motifs is 11. The highest BCUT2D eigenvalue weighted by atomic mass is 32.2. The van der Waals surface area contributed by atoms with Gasteiger partial charge in [0.15, 0.2) is 29.8 Å². The van der Waals surface area contributed by atoms with Crippen LogP contribution < -0.4 is 45.0 Å². The second-order valence-corrected chi connectivity index (χ2v) is 18.9. The lowest BCUT2D eigenvalue weighted by Gasteiger charge is -2.59. The van der Waals surface area contributed by atoms with Crippen molar-refractivity contribution in [1.29, 1.82) is 5.26 Å². The highest BCUT2D eigenvalue weighted by Gasteiger charge is 2.59. The first kappa shape index (κ1) is 41.7. The molecule has 0 saturated carbocycles. The third kappa shape index (κ3) is 7.27. The first-order chi connectivity index (χ1) is 29.5. The summed E-state index contributed by atoms with van der Waals surface area (Å²) in [5.74, 6) is 1.89. The SMILES string of the molecule is COCOc1c(OC)c(C)cc2c1C1N[C@@H](C2)[C@H](C#N)N2C1[C@@H]1SC[C@H](NC(=O)CCCCC3SCC4NC(=O)NC43)C(=O)OC[C@H]2c2c3c(c(C)c(OC(C)=O)c21)OCO3. The van der Waals surface area contributed by atoms with Crippen LogP contribution in [0.4, 0.5) is 4.79 Å². The number of carbonyl (C=O) groups is 4. The molecule has 2 aromatic rings. The molecule has 0 radical (unpaired) electrons. The minimum Gasteiger partial charge on any atom is -0.493 e. The highest BCUT2D eigenvalue weighted by Crippen LogP contribution is 2.63. The lowest BCUT2D eigenvalue weighted by atomic mass is 9.72. The van der Waals surface area contributed by atoms with Crippen molar-refractivity contribution < 1.29 is 52.3 Å². The number of benzene rings is 2. The van der Waals surface area contributed by atoms with Crippen molar-refractivity contribution in [2.45, 2.75) is 112 Å². The number of amides is 3. The van der Waals surface area contributed by atoms with Crippen molar-refractivity contribution in [2.24, 2.45) is 0 Å². The molecular formula is C42H50N6O11S2. The third-order valence-electron chi connectivity index (χ3n) is 12.9. The summed E-state index contributed by atoms with van der Waals surface area (Å²) >= 11 is 3.26. The molecule has 2 aromatic carbocycles. The van der Waals surface area contributed by atoms with Gasteiger partial charge in [0, 0.05) is 71.5 Å². The maximum atomic E-state index is 14.1. The summed E-state index contributed by atoms with van der Waals surface area (Å²) in [4.78, 5) is 54.5. The lowest BCUT2D eigenvalue weighted by molar-refractivity contribution is -0.151. The van der Waals surface area contributed by atoms with Crippen LogP contribution in [-0.4, -0.2) is 116 Å². The second-order valence-electron chi connectivity index (χ2n) is 16.5. The first-order valence-electron chi connectivity index (χ1n) is 20.7. The summed E-state index contributed by atoms with van der Waals surface area (Å²) in [6.45, 7) is 4.84. The number of ether oxygens (including phenoxy) is 7. The van der Waals surface area contributed by atoms with E-state index < -0.39 is 47.4 Å². The summed E-state index contributed by atoms with van der Waals surface area (Å²) in [7, 11) is 3.15. The normalized spacial score (nSPS) is 30.4. The largest absolute Gasteiger partial charge is 0.493 e. The van der Waals surface area contributed by atoms with E-state index in [1.807, 2.05) is 25.6 Å². The number of rotatable bonds is 11. The zero-order valence-corrected chi connectivity index (χ0v) is 36.3. The standard InChI is InChI=1S/C42H50N6O11S2/c1-18-10-21-11-22-25(12-43)48-26-13-55-41(51)24(44-28(50)9-7-6-8-27-32-23(14-60-27)46-42(52)47-32)15-61-40(34(48)33(45-22)29(21)38(35(18)54-5)56-16-53-4)31-30(26)39-37(57-17-58-39)19(2)36(31)59-20(3)49/h10,22-27,32-34,40,45H,6-9,11,13-17H2,1-5H3,(H,44,50)(H2,46,47,52)/t22-,23?,24-,25-,26-,27?,32?,33?,34?,40+/m0/s1. The van der Waals surface area contributed by atoms with Gasteiger partial charge in [-0.1, -0.05) is 12.5 Å². The van der Waals surface area contributed by atoms with Crippen LogP contribution in [0.1, 0.15) is 83.3 Å². The molecule has 4 N–H and O–H groups in total. The van der Waals surface area contributed by atoms with Gasteiger partial charge in [-0.15, -0.1) is 11.8 Å². The molecule has 8 aliphatic rings. The molecule has 3 amide bonds. The predicted octanol–water partition coefficient (Wildman–Crippen LogP) is 3.38. The Hall–Kier alpha value is -4.61. The molecule has 4 saturated heterocycles. The van der Waals surface area contributed by atoms with Gasteiger partial charge in [0.1, 0.15) is 24.4 Å². The van der Waals surface area contributed by atoms with Crippen LogP contribution in [0.15, 0.2) is 6.07 Å². The molecule has 326 valence electrons. The molecule has 5 unspecified atom stereocenters. The number of esters is 2. The second kappa shape index (κ2) is 16.9. The number of hydrogen-bond acceptors (Lipinski definition) is 16. The molecule has 8 aliphatic heterocycles. The maximum Gasteiger partial charge on any atom is 0.329 e. The van der Waals surface area contributed by atoms with Crippen LogP contribution in [0, 0.1) is 25.2 Å².